The second kappa shape index (κ2) is 3.59. The van der Waals surface area contributed by atoms with Gasteiger partial charge in [-0.3, -0.25) is 4.79 Å². The third-order valence-corrected chi connectivity index (χ3v) is 3.19. The standard InChI is InChI=1S/C8H15NOS/c1-6-4-8(5-9(6)3)11-7(2)10/h6,8H,4-5H2,1-3H3. The molecule has 1 aliphatic rings. The molecule has 64 valence electrons. The van der Waals surface area contributed by atoms with Gasteiger partial charge < -0.3 is 4.90 Å². The monoisotopic (exact) mass is 173 g/mol. The molecule has 0 aromatic rings. The van der Waals surface area contributed by atoms with Gasteiger partial charge in [0.15, 0.2) is 5.12 Å². The van der Waals surface area contributed by atoms with Gasteiger partial charge in [0.1, 0.15) is 0 Å². The molecule has 0 saturated carbocycles. The van der Waals surface area contributed by atoms with Crippen LogP contribution in [0.25, 0.3) is 0 Å². The molecule has 0 aromatic heterocycles. The Kier molecular flexibility index (Phi) is 2.96. The molecule has 3 heteroatoms. The van der Waals surface area contributed by atoms with Gasteiger partial charge in [0.05, 0.1) is 0 Å². The van der Waals surface area contributed by atoms with Crippen molar-refractivity contribution in [3.8, 4) is 0 Å². The maximum atomic E-state index is 10.8. The molecular formula is C8H15NOS. The van der Waals surface area contributed by atoms with Crippen LogP contribution in [0.2, 0.25) is 0 Å². The molecule has 0 radical (unpaired) electrons. The Balaban J connectivity index is 2.35. The lowest BCUT2D eigenvalue weighted by Gasteiger charge is -2.12. The third-order valence-electron chi connectivity index (χ3n) is 2.18. The summed E-state index contributed by atoms with van der Waals surface area (Å²) in [4.78, 5) is 13.1. The Morgan fingerprint density at radius 1 is 1.64 bits per heavy atom. The van der Waals surface area contributed by atoms with Crippen molar-refractivity contribution in [1.29, 1.82) is 0 Å². The molecule has 1 saturated heterocycles. The number of rotatable bonds is 1. The van der Waals surface area contributed by atoms with Gasteiger partial charge in [-0.25, -0.2) is 0 Å². The number of carbonyl (C=O) groups is 1. The van der Waals surface area contributed by atoms with Crippen molar-refractivity contribution in [3.63, 3.8) is 0 Å². The number of likely N-dealkylation sites (tertiary alicyclic amines) is 1. The minimum Gasteiger partial charge on any atom is -0.303 e. The van der Waals surface area contributed by atoms with Gasteiger partial charge in [-0.2, -0.15) is 0 Å². The zero-order valence-electron chi connectivity index (χ0n) is 7.33. The van der Waals surface area contributed by atoms with E-state index in [9.17, 15) is 4.79 Å². The minimum atomic E-state index is 0.248. The van der Waals surface area contributed by atoms with E-state index in [1.165, 1.54) is 11.8 Å². The van der Waals surface area contributed by atoms with Crippen LogP contribution in [0.3, 0.4) is 0 Å². The summed E-state index contributed by atoms with van der Waals surface area (Å²) in [6.07, 6.45) is 1.15. The largest absolute Gasteiger partial charge is 0.303 e. The first kappa shape index (κ1) is 9.07. The van der Waals surface area contributed by atoms with Crippen molar-refractivity contribution < 1.29 is 4.79 Å². The van der Waals surface area contributed by atoms with Crippen LogP contribution in [0, 0.1) is 0 Å². The summed E-state index contributed by atoms with van der Waals surface area (Å²) >= 11 is 1.49. The van der Waals surface area contributed by atoms with Crippen molar-refractivity contribution in [2.45, 2.75) is 31.6 Å². The maximum Gasteiger partial charge on any atom is 0.186 e. The molecule has 11 heavy (non-hydrogen) atoms. The molecule has 0 aliphatic carbocycles. The summed E-state index contributed by atoms with van der Waals surface area (Å²) in [5.74, 6) is 0. The van der Waals surface area contributed by atoms with Crippen molar-refractivity contribution in [2.24, 2.45) is 0 Å². The highest BCUT2D eigenvalue weighted by Crippen LogP contribution is 2.26. The molecule has 2 nitrogen and oxygen atoms in total. The summed E-state index contributed by atoms with van der Waals surface area (Å²) in [7, 11) is 2.12. The van der Waals surface area contributed by atoms with Gasteiger partial charge >= 0.3 is 0 Å². The van der Waals surface area contributed by atoms with Gasteiger partial charge in [0.25, 0.3) is 0 Å². The Morgan fingerprint density at radius 3 is 2.64 bits per heavy atom. The number of hydrogen-bond acceptors (Lipinski definition) is 3. The van der Waals surface area contributed by atoms with E-state index < -0.39 is 0 Å². The van der Waals surface area contributed by atoms with Crippen LogP contribution < -0.4 is 0 Å². The third kappa shape index (κ3) is 2.49. The lowest BCUT2D eigenvalue weighted by atomic mass is 10.2. The predicted octanol–water partition coefficient (Wildman–Crippen LogP) is 1.36. The van der Waals surface area contributed by atoms with E-state index >= 15 is 0 Å². The normalized spacial score (nSPS) is 32.6. The van der Waals surface area contributed by atoms with Crippen LogP contribution in [-0.4, -0.2) is 34.9 Å². The van der Waals surface area contributed by atoms with Crippen LogP contribution >= 0.6 is 11.8 Å². The zero-order chi connectivity index (χ0) is 8.43. The highest BCUT2D eigenvalue weighted by atomic mass is 32.2. The topological polar surface area (TPSA) is 20.3 Å². The number of carbonyl (C=O) groups excluding carboxylic acids is 1. The molecule has 0 amide bonds. The fourth-order valence-corrected chi connectivity index (χ4v) is 2.61. The second-order valence-corrected chi connectivity index (χ2v) is 4.73. The summed E-state index contributed by atoms with van der Waals surface area (Å²) in [5, 5.41) is 0.782. The lowest BCUT2D eigenvalue weighted by molar-refractivity contribution is -0.109. The van der Waals surface area contributed by atoms with Gasteiger partial charge in [-0.05, 0) is 20.4 Å². The number of hydrogen-bond donors (Lipinski definition) is 0. The molecule has 0 N–H and O–H groups in total. The van der Waals surface area contributed by atoms with Crippen molar-refractivity contribution in [3.05, 3.63) is 0 Å². The van der Waals surface area contributed by atoms with E-state index in [-0.39, 0.29) is 5.12 Å². The average molecular weight is 173 g/mol. The molecule has 1 fully saturated rings. The summed E-state index contributed by atoms with van der Waals surface area (Å²) in [5.41, 5.74) is 0. The fourth-order valence-electron chi connectivity index (χ4n) is 1.46. The highest BCUT2D eigenvalue weighted by Gasteiger charge is 2.27. The van der Waals surface area contributed by atoms with E-state index in [2.05, 4.69) is 18.9 Å². The zero-order valence-corrected chi connectivity index (χ0v) is 8.15. The van der Waals surface area contributed by atoms with Crippen LogP contribution in [0.15, 0.2) is 0 Å². The second-order valence-electron chi connectivity index (χ2n) is 3.26. The molecule has 0 aromatic carbocycles. The molecule has 2 atom stereocenters. The van der Waals surface area contributed by atoms with Gasteiger partial charge in [0, 0.05) is 24.8 Å². The highest BCUT2D eigenvalue weighted by molar-refractivity contribution is 8.14. The Labute approximate surface area is 72.3 Å². The first-order valence-corrected chi connectivity index (χ1v) is 4.85. The number of thioether (sulfide) groups is 1. The van der Waals surface area contributed by atoms with E-state index in [4.69, 9.17) is 0 Å². The van der Waals surface area contributed by atoms with Crippen molar-refractivity contribution in [1.82, 2.24) is 4.90 Å². The number of nitrogens with zero attached hydrogens (tertiary/aromatic N) is 1. The first-order valence-electron chi connectivity index (χ1n) is 3.97. The van der Waals surface area contributed by atoms with E-state index in [0.717, 1.165) is 13.0 Å². The fraction of sp³-hybridized carbons (Fsp3) is 0.875. The van der Waals surface area contributed by atoms with Crippen LogP contribution in [0.5, 0.6) is 0 Å². The van der Waals surface area contributed by atoms with Crippen LogP contribution in [0.1, 0.15) is 20.3 Å². The lowest BCUT2D eigenvalue weighted by Crippen LogP contribution is -2.21. The van der Waals surface area contributed by atoms with Crippen LogP contribution in [-0.2, 0) is 4.79 Å². The Morgan fingerprint density at radius 2 is 2.27 bits per heavy atom. The summed E-state index contributed by atoms with van der Waals surface area (Å²) < 4.78 is 0. The van der Waals surface area contributed by atoms with E-state index in [0.29, 0.717) is 11.3 Å². The summed E-state index contributed by atoms with van der Waals surface area (Å²) in [6.45, 7) is 4.92. The van der Waals surface area contributed by atoms with E-state index in [1.807, 2.05) is 0 Å². The molecule has 0 bridgehead atoms. The van der Waals surface area contributed by atoms with Gasteiger partial charge in [-0.1, -0.05) is 11.8 Å². The molecule has 2 unspecified atom stereocenters. The molecular weight excluding hydrogens is 158 g/mol. The van der Waals surface area contributed by atoms with Gasteiger partial charge in [-0.15, -0.1) is 0 Å². The molecule has 1 heterocycles. The Hall–Kier alpha value is -0.0200. The minimum absolute atomic E-state index is 0.248. The van der Waals surface area contributed by atoms with E-state index in [1.54, 1.807) is 6.92 Å². The van der Waals surface area contributed by atoms with Crippen molar-refractivity contribution >= 4 is 16.9 Å². The predicted molar refractivity (Wildman–Crippen MR) is 48.8 cm³/mol. The van der Waals surface area contributed by atoms with Gasteiger partial charge in [0.2, 0.25) is 0 Å². The molecule has 0 spiro atoms. The Bertz CT molecular complexity index is 150. The van der Waals surface area contributed by atoms with Crippen molar-refractivity contribution in [2.75, 3.05) is 13.6 Å². The first-order chi connectivity index (χ1) is 5.09. The smallest absolute Gasteiger partial charge is 0.186 e. The quantitative estimate of drug-likeness (QED) is 0.597. The SMILES string of the molecule is CC(=O)SC1CC(C)N(C)C1. The maximum absolute atomic E-state index is 10.8. The average Bonchev–Trinajstić information content (AvgIpc) is 2.10. The molecule has 1 rings (SSSR count). The van der Waals surface area contributed by atoms with Crippen LogP contribution in [0.4, 0.5) is 0 Å². The summed E-state index contributed by atoms with van der Waals surface area (Å²) in [6, 6.07) is 0.645. The molecule has 1 aliphatic heterocycles.